The second-order valence-electron chi connectivity index (χ2n) is 9.16. The number of benzene rings is 1. The summed E-state index contributed by atoms with van der Waals surface area (Å²) in [6, 6.07) is 1.13. The van der Waals surface area contributed by atoms with Crippen molar-refractivity contribution in [3.05, 3.63) is 23.8 Å². The number of amides is 2. The van der Waals surface area contributed by atoms with Crippen LogP contribution in [0.2, 0.25) is 0 Å². The molecular formula is C19H29BF2N2O4. The van der Waals surface area contributed by atoms with E-state index >= 15 is 0 Å². The van der Waals surface area contributed by atoms with E-state index in [0.29, 0.717) is 6.07 Å². The number of carbonyl (C=O) groups is 1. The maximum atomic E-state index is 14.3. The van der Waals surface area contributed by atoms with Crippen LogP contribution in [0.3, 0.4) is 0 Å². The van der Waals surface area contributed by atoms with Crippen LogP contribution in [0.1, 0.15) is 48.5 Å². The van der Waals surface area contributed by atoms with E-state index in [4.69, 9.17) is 9.31 Å². The molecule has 1 aliphatic heterocycles. The van der Waals surface area contributed by atoms with Gasteiger partial charge in [0, 0.05) is 18.1 Å². The molecule has 1 fully saturated rings. The molecule has 3 N–H and O–H groups in total. The predicted octanol–water partition coefficient (Wildman–Crippen LogP) is 2.79. The predicted molar refractivity (Wildman–Crippen MR) is 105 cm³/mol. The van der Waals surface area contributed by atoms with Gasteiger partial charge in [0.05, 0.1) is 23.0 Å². The average Bonchev–Trinajstić information content (AvgIpc) is 2.74. The number of halogens is 2. The summed E-state index contributed by atoms with van der Waals surface area (Å²) < 4.78 is 40.1. The van der Waals surface area contributed by atoms with Crippen LogP contribution in [0, 0.1) is 17.0 Å². The number of aliphatic hydroxyl groups is 1. The van der Waals surface area contributed by atoms with E-state index in [1.807, 2.05) is 48.5 Å². The van der Waals surface area contributed by atoms with E-state index in [1.54, 1.807) is 0 Å². The Hall–Kier alpha value is -1.71. The van der Waals surface area contributed by atoms with Crippen LogP contribution >= 0.6 is 0 Å². The van der Waals surface area contributed by atoms with Crippen molar-refractivity contribution in [1.82, 2.24) is 5.32 Å². The van der Waals surface area contributed by atoms with Crippen LogP contribution < -0.4 is 16.1 Å². The molecule has 0 aliphatic carbocycles. The first-order valence-corrected chi connectivity index (χ1v) is 9.21. The Morgan fingerprint density at radius 2 is 1.68 bits per heavy atom. The molecule has 2 rings (SSSR count). The van der Waals surface area contributed by atoms with E-state index in [-0.39, 0.29) is 17.7 Å². The third-order valence-corrected chi connectivity index (χ3v) is 5.30. The highest BCUT2D eigenvalue weighted by molar-refractivity contribution is 6.62. The molecule has 1 aliphatic rings. The fourth-order valence-corrected chi connectivity index (χ4v) is 2.47. The van der Waals surface area contributed by atoms with Crippen molar-refractivity contribution in [2.24, 2.45) is 5.41 Å². The Kier molecular flexibility index (Phi) is 6.14. The van der Waals surface area contributed by atoms with E-state index in [9.17, 15) is 18.7 Å². The summed E-state index contributed by atoms with van der Waals surface area (Å²) in [4.78, 5) is 12.1. The van der Waals surface area contributed by atoms with E-state index in [2.05, 4.69) is 10.6 Å². The maximum absolute atomic E-state index is 14.3. The monoisotopic (exact) mass is 398 g/mol. The molecule has 1 aromatic carbocycles. The molecule has 1 aromatic rings. The SMILES string of the molecule is CC(C)(C)C(O)CNC(=O)Nc1cc(B2OC(C)(C)C(C)(C)O2)c(F)cc1F. The Morgan fingerprint density at radius 3 is 2.18 bits per heavy atom. The molecule has 2 amide bonds. The Morgan fingerprint density at radius 1 is 1.14 bits per heavy atom. The molecule has 1 unspecified atom stereocenters. The number of rotatable bonds is 4. The second kappa shape index (κ2) is 7.61. The van der Waals surface area contributed by atoms with Crippen LogP contribution in [0.15, 0.2) is 12.1 Å². The van der Waals surface area contributed by atoms with Crippen molar-refractivity contribution in [2.45, 2.75) is 65.8 Å². The molecule has 0 saturated carbocycles. The van der Waals surface area contributed by atoms with Gasteiger partial charge in [-0.3, -0.25) is 0 Å². The number of anilines is 1. The molecule has 156 valence electrons. The number of nitrogens with one attached hydrogen (secondary N) is 2. The van der Waals surface area contributed by atoms with E-state index in [0.717, 1.165) is 6.07 Å². The quantitative estimate of drug-likeness (QED) is 0.682. The van der Waals surface area contributed by atoms with Gasteiger partial charge in [0.2, 0.25) is 0 Å². The van der Waals surface area contributed by atoms with Crippen LogP contribution in [-0.4, -0.2) is 42.1 Å². The number of hydrogen-bond acceptors (Lipinski definition) is 4. The smallest absolute Gasteiger partial charge is 0.399 e. The highest BCUT2D eigenvalue weighted by Crippen LogP contribution is 2.37. The van der Waals surface area contributed by atoms with Gasteiger partial charge < -0.3 is 25.0 Å². The lowest BCUT2D eigenvalue weighted by Gasteiger charge is -2.32. The second-order valence-corrected chi connectivity index (χ2v) is 9.16. The summed E-state index contributed by atoms with van der Waals surface area (Å²) in [5, 5.41) is 14.8. The molecule has 0 radical (unpaired) electrons. The highest BCUT2D eigenvalue weighted by Gasteiger charge is 2.52. The Labute approximate surface area is 165 Å². The summed E-state index contributed by atoms with van der Waals surface area (Å²) in [5.41, 5.74) is -2.02. The van der Waals surface area contributed by atoms with Crippen LogP contribution in [-0.2, 0) is 9.31 Å². The third kappa shape index (κ3) is 4.82. The number of carbonyl (C=O) groups excluding carboxylic acids is 1. The summed E-state index contributed by atoms with van der Waals surface area (Å²) in [6.45, 7) is 12.8. The minimum atomic E-state index is -1.03. The molecule has 1 heterocycles. The van der Waals surface area contributed by atoms with Gasteiger partial charge in [-0.25, -0.2) is 13.6 Å². The van der Waals surface area contributed by atoms with Crippen molar-refractivity contribution in [1.29, 1.82) is 0 Å². The Balaban J connectivity index is 2.15. The van der Waals surface area contributed by atoms with Crippen molar-refractivity contribution in [3.8, 4) is 0 Å². The molecular weight excluding hydrogens is 369 g/mol. The molecule has 9 heteroatoms. The zero-order chi connectivity index (χ0) is 21.5. The van der Waals surface area contributed by atoms with Crippen molar-refractivity contribution < 1.29 is 28.0 Å². The first-order chi connectivity index (χ1) is 12.6. The van der Waals surface area contributed by atoms with Crippen LogP contribution in [0.4, 0.5) is 19.3 Å². The van der Waals surface area contributed by atoms with Gasteiger partial charge in [0.15, 0.2) is 0 Å². The lowest BCUT2D eigenvalue weighted by atomic mass is 9.78. The fraction of sp³-hybridized carbons (Fsp3) is 0.632. The minimum absolute atomic E-state index is 0.00919. The van der Waals surface area contributed by atoms with Gasteiger partial charge in [-0.1, -0.05) is 20.8 Å². The van der Waals surface area contributed by atoms with Crippen LogP contribution in [0.25, 0.3) is 0 Å². The van der Waals surface area contributed by atoms with Gasteiger partial charge in [0.25, 0.3) is 0 Å². The highest BCUT2D eigenvalue weighted by atomic mass is 19.1. The van der Waals surface area contributed by atoms with E-state index < -0.39 is 47.5 Å². The minimum Gasteiger partial charge on any atom is -0.399 e. The molecule has 0 aromatic heterocycles. The van der Waals surface area contributed by atoms with Gasteiger partial charge in [0.1, 0.15) is 11.6 Å². The molecule has 1 saturated heterocycles. The van der Waals surface area contributed by atoms with Gasteiger partial charge >= 0.3 is 13.1 Å². The van der Waals surface area contributed by atoms with Crippen LogP contribution in [0.5, 0.6) is 0 Å². The molecule has 28 heavy (non-hydrogen) atoms. The number of urea groups is 1. The van der Waals surface area contributed by atoms with Gasteiger partial charge in [-0.15, -0.1) is 0 Å². The topological polar surface area (TPSA) is 79.8 Å². The normalized spacial score (nSPS) is 19.4. The van der Waals surface area contributed by atoms with Crippen molar-refractivity contribution >= 4 is 24.3 Å². The first-order valence-electron chi connectivity index (χ1n) is 9.21. The van der Waals surface area contributed by atoms with Gasteiger partial charge in [-0.05, 0) is 39.2 Å². The summed E-state index contributed by atoms with van der Waals surface area (Å²) in [6.07, 6.45) is -0.781. The molecule has 0 bridgehead atoms. The standard InChI is InChI=1S/C19H29BF2N2O4/c1-17(2,3)15(25)10-23-16(26)24-14-8-11(12(21)9-13(14)22)20-27-18(4,5)19(6,7)28-20/h8-9,15,25H,10H2,1-7H3,(H2,23,24,26). The third-order valence-electron chi connectivity index (χ3n) is 5.30. The summed E-state index contributed by atoms with van der Waals surface area (Å²) in [5.74, 6) is -1.76. The summed E-state index contributed by atoms with van der Waals surface area (Å²) >= 11 is 0. The summed E-state index contributed by atoms with van der Waals surface area (Å²) in [7, 11) is -1.03. The molecule has 0 spiro atoms. The number of aliphatic hydroxyl groups excluding tert-OH is 1. The zero-order valence-corrected chi connectivity index (χ0v) is 17.4. The van der Waals surface area contributed by atoms with Gasteiger partial charge in [-0.2, -0.15) is 0 Å². The molecule has 1 atom stereocenters. The van der Waals surface area contributed by atoms with Crippen molar-refractivity contribution in [2.75, 3.05) is 11.9 Å². The fourth-order valence-electron chi connectivity index (χ4n) is 2.47. The maximum Gasteiger partial charge on any atom is 0.497 e. The first kappa shape index (κ1) is 22.6. The van der Waals surface area contributed by atoms with E-state index in [1.165, 1.54) is 0 Å². The largest absolute Gasteiger partial charge is 0.497 e. The zero-order valence-electron chi connectivity index (χ0n) is 17.4. The Bertz CT molecular complexity index is 734. The average molecular weight is 398 g/mol. The lowest BCUT2D eigenvalue weighted by molar-refractivity contribution is 0.00578. The molecule has 6 nitrogen and oxygen atoms in total. The van der Waals surface area contributed by atoms with Crippen molar-refractivity contribution in [3.63, 3.8) is 0 Å². The lowest BCUT2D eigenvalue weighted by Crippen LogP contribution is -2.41. The number of hydrogen-bond donors (Lipinski definition) is 3.